The number of aromatic hydroxyl groups is 2. The third-order valence-corrected chi connectivity index (χ3v) is 6.25. The average Bonchev–Trinajstić information content (AvgIpc) is 2.79. The van der Waals surface area contributed by atoms with Crippen LogP contribution in [-0.4, -0.2) is 90.6 Å². The Labute approximate surface area is 200 Å². The molecule has 0 aromatic heterocycles. The second-order valence-corrected chi connectivity index (χ2v) is 9.23. The summed E-state index contributed by atoms with van der Waals surface area (Å²) < 4.78 is 15.9. The topological polar surface area (TPSA) is 203 Å². The molecule has 0 unspecified atom stereocenters. The van der Waals surface area contributed by atoms with Crippen LogP contribution in [0, 0.1) is 5.92 Å². The number of hydrogen-bond acceptors (Lipinski definition) is 11. The summed E-state index contributed by atoms with van der Waals surface area (Å²) in [4.78, 5) is 23.5. The first-order chi connectivity index (χ1) is 16.3. The maximum absolute atomic E-state index is 12.5. The molecule has 0 spiro atoms. The van der Waals surface area contributed by atoms with Gasteiger partial charge in [0.1, 0.15) is 31.0 Å². The van der Waals surface area contributed by atoms with Crippen molar-refractivity contribution in [3.63, 3.8) is 0 Å². The van der Waals surface area contributed by atoms with Crippen LogP contribution in [0.3, 0.4) is 0 Å². The molecule has 35 heavy (non-hydrogen) atoms. The number of carbonyl (C=O) groups is 2. The summed E-state index contributed by atoms with van der Waals surface area (Å²) in [5.74, 6) is -4.24. The molecule has 1 aromatic rings. The van der Waals surface area contributed by atoms with Gasteiger partial charge in [0.2, 0.25) is 12.0 Å². The lowest BCUT2D eigenvalue weighted by Gasteiger charge is -2.40. The third kappa shape index (κ3) is 6.03. The van der Waals surface area contributed by atoms with E-state index >= 15 is 0 Å². The van der Waals surface area contributed by atoms with Crippen molar-refractivity contribution < 1.29 is 59.5 Å². The minimum absolute atomic E-state index is 0.00510. The number of aromatic carboxylic acids is 1. The molecule has 1 saturated heterocycles. The minimum atomic E-state index is -1.82. The van der Waals surface area contributed by atoms with Crippen molar-refractivity contribution in [3.8, 4) is 17.2 Å². The SMILES string of the molecule is CC(C)(O)[C@H]1CC=C(C(=O)OC[C@@H]2O[C@H](Oc3c(O)cc(C(=O)O)cc3O)[C@@H](O)[C@H](O)[C@H]2O)CC1. The molecule has 1 aromatic carbocycles. The quantitative estimate of drug-likeness (QED) is 0.249. The van der Waals surface area contributed by atoms with Gasteiger partial charge in [0.05, 0.1) is 11.2 Å². The number of carboxylic acids is 1. The lowest BCUT2D eigenvalue weighted by molar-refractivity contribution is -0.278. The number of esters is 1. The Morgan fingerprint density at radius 1 is 1.09 bits per heavy atom. The van der Waals surface area contributed by atoms with Gasteiger partial charge < -0.3 is 50.0 Å². The molecule has 12 heteroatoms. The fourth-order valence-electron chi connectivity index (χ4n) is 4.02. The number of phenolic OH excluding ortho intramolecular Hbond substituents is 2. The molecule has 0 bridgehead atoms. The van der Waals surface area contributed by atoms with Gasteiger partial charge >= 0.3 is 11.9 Å². The Balaban J connectivity index is 1.66. The molecule has 1 aliphatic heterocycles. The van der Waals surface area contributed by atoms with E-state index in [1.807, 2.05) is 0 Å². The van der Waals surface area contributed by atoms with E-state index in [9.17, 15) is 40.2 Å². The van der Waals surface area contributed by atoms with Crippen molar-refractivity contribution >= 4 is 11.9 Å². The number of phenols is 2. The number of carbonyl (C=O) groups excluding carboxylic acids is 1. The van der Waals surface area contributed by atoms with Crippen LogP contribution in [0.15, 0.2) is 23.8 Å². The Kier molecular flexibility index (Phi) is 7.92. The highest BCUT2D eigenvalue weighted by Crippen LogP contribution is 2.39. The van der Waals surface area contributed by atoms with E-state index < -0.39 is 77.7 Å². The highest BCUT2D eigenvalue weighted by Gasteiger charge is 2.46. The molecule has 1 heterocycles. The monoisotopic (exact) mass is 498 g/mol. The van der Waals surface area contributed by atoms with Crippen LogP contribution in [0.4, 0.5) is 0 Å². The van der Waals surface area contributed by atoms with Gasteiger partial charge in [-0.25, -0.2) is 9.59 Å². The van der Waals surface area contributed by atoms with E-state index in [-0.39, 0.29) is 5.92 Å². The Hall–Kier alpha value is -2.90. The highest BCUT2D eigenvalue weighted by atomic mass is 16.7. The van der Waals surface area contributed by atoms with E-state index in [0.717, 1.165) is 12.1 Å². The number of aliphatic hydroxyl groups excluding tert-OH is 3. The van der Waals surface area contributed by atoms with Crippen LogP contribution in [0.2, 0.25) is 0 Å². The Bertz CT molecular complexity index is 958. The van der Waals surface area contributed by atoms with Crippen molar-refractivity contribution in [2.45, 2.75) is 69.4 Å². The van der Waals surface area contributed by atoms with E-state index in [2.05, 4.69) is 0 Å². The van der Waals surface area contributed by atoms with Gasteiger partial charge in [0.25, 0.3) is 0 Å². The van der Waals surface area contributed by atoms with Crippen LogP contribution >= 0.6 is 0 Å². The van der Waals surface area contributed by atoms with Crippen molar-refractivity contribution in [1.82, 2.24) is 0 Å². The number of rotatable bonds is 7. The normalized spacial score (nSPS) is 29.3. The standard InChI is InChI=1S/C23H30O12/c1-23(2,32)12-5-3-10(4-6-12)21(31)33-9-15-16(26)17(27)18(28)22(34-15)35-19-13(24)7-11(20(29)30)8-14(19)25/h3,7-8,12,15-18,22,24-28,32H,4-6,9H2,1-2H3,(H,29,30)/t12-,15-,16-,17+,18-,22+/m0/s1. The molecule has 0 radical (unpaired) electrons. The van der Waals surface area contributed by atoms with Crippen LogP contribution in [0.25, 0.3) is 0 Å². The first kappa shape index (κ1) is 26.7. The molecule has 194 valence electrons. The molecule has 6 atom stereocenters. The molecule has 3 rings (SSSR count). The zero-order valence-electron chi connectivity index (χ0n) is 19.2. The number of ether oxygens (including phenoxy) is 3. The fraction of sp³-hybridized carbons (Fsp3) is 0.565. The van der Waals surface area contributed by atoms with Gasteiger partial charge in [-0.15, -0.1) is 0 Å². The summed E-state index contributed by atoms with van der Waals surface area (Å²) in [6, 6.07) is 1.61. The summed E-state index contributed by atoms with van der Waals surface area (Å²) >= 11 is 0. The predicted octanol–water partition coefficient (Wildman–Crippen LogP) is 0.0230. The zero-order valence-corrected chi connectivity index (χ0v) is 19.2. The van der Waals surface area contributed by atoms with Crippen LogP contribution in [-0.2, 0) is 14.3 Å². The van der Waals surface area contributed by atoms with E-state index in [1.54, 1.807) is 19.9 Å². The third-order valence-electron chi connectivity index (χ3n) is 6.25. The van der Waals surface area contributed by atoms with Crippen molar-refractivity contribution in [1.29, 1.82) is 0 Å². The average molecular weight is 498 g/mol. The van der Waals surface area contributed by atoms with Gasteiger partial charge in [0, 0.05) is 5.57 Å². The molecule has 7 N–H and O–H groups in total. The summed E-state index contributed by atoms with van der Waals surface area (Å²) in [5.41, 5.74) is -0.907. The van der Waals surface area contributed by atoms with Crippen LogP contribution < -0.4 is 4.74 Å². The molecular weight excluding hydrogens is 468 g/mol. The summed E-state index contributed by atoms with van der Waals surface area (Å²) in [7, 11) is 0. The lowest BCUT2D eigenvalue weighted by atomic mass is 9.79. The van der Waals surface area contributed by atoms with Gasteiger partial charge in [0.15, 0.2) is 11.5 Å². The summed E-state index contributed by atoms with van der Waals surface area (Å²) in [6.45, 7) is 2.90. The van der Waals surface area contributed by atoms with Gasteiger partial charge in [-0.2, -0.15) is 0 Å². The number of benzene rings is 1. The van der Waals surface area contributed by atoms with Gasteiger partial charge in [-0.3, -0.25) is 0 Å². The summed E-state index contributed by atoms with van der Waals surface area (Å²) in [5, 5.41) is 69.8. The number of carboxylic acid groups (broad SMARTS) is 1. The van der Waals surface area contributed by atoms with Crippen molar-refractivity contribution in [2.75, 3.05) is 6.61 Å². The maximum atomic E-state index is 12.5. The second kappa shape index (κ2) is 10.4. The second-order valence-electron chi connectivity index (χ2n) is 9.23. The minimum Gasteiger partial charge on any atom is -0.504 e. The molecule has 12 nitrogen and oxygen atoms in total. The largest absolute Gasteiger partial charge is 0.504 e. The van der Waals surface area contributed by atoms with Crippen molar-refractivity contribution in [2.24, 2.45) is 5.92 Å². The molecular formula is C23H30O12. The van der Waals surface area contributed by atoms with E-state index in [1.165, 1.54) is 0 Å². The number of hydrogen-bond donors (Lipinski definition) is 7. The Morgan fingerprint density at radius 3 is 2.23 bits per heavy atom. The van der Waals surface area contributed by atoms with Crippen LogP contribution in [0.1, 0.15) is 43.5 Å². The molecule has 0 amide bonds. The first-order valence-electron chi connectivity index (χ1n) is 11.0. The number of allylic oxidation sites excluding steroid dienone is 1. The fourth-order valence-corrected chi connectivity index (χ4v) is 4.02. The zero-order chi connectivity index (χ0) is 26.1. The van der Waals surface area contributed by atoms with Crippen LogP contribution in [0.5, 0.6) is 17.2 Å². The Morgan fingerprint density at radius 2 is 1.71 bits per heavy atom. The molecule has 0 saturated carbocycles. The highest BCUT2D eigenvalue weighted by molar-refractivity contribution is 5.89. The van der Waals surface area contributed by atoms with E-state index in [0.29, 0.717) is 24.8 Å². The number of aliphatic hydroxyl groups is 4. The maximum Gasteiger partial charge on any atom is 0.335 e. The molecule has 2 aliphatic rings. The molecule has 1 aliphatic carbocycles. The smallest absolute Gasteiger partial charge is 0.335 e. The predicted molar refractivity (Wildman–Crippen MR) is 117 cm³/mol. The first-order valence-corrected chi connectivity index (χ1v) is 11.0. The van der Waals surface area contributed by atoms with Gasteiger partial charge in [-0.05, 0) is 51.2 Å². The van der Waals surface area contributed by atoms with Gasteiger partial charge in [-0.1, -0.05) is 6.08 Å². The lowest BCUT2D eigenvalue weighted by Crippen LogP contribution is -2.60. The summed E-state index contributed by atoms with van der Waals surface area (Å²) in [6.07, 6.45) is -5.18. The van der Waals surface area contributed by atoms with E-state index in [4.69, 9.17) is 19.3 Å². The van der Waals surface area contributed by atoms with Crippen molar-refractivity contribution in [3.05, 3.63) is 29.3 Å². The molecule has 1 fully saturated rings.